The molecule has 1 heterocycles. The Balaban J connectivity index is 2.30. The van der Waals surface area contributed by atoms with Crippen LogP contribution in [0.15, 0.2) is 28.1 Å². The van der Waals surface area contributed by atoms with Crippen LogP contribution in [0.2, 0.25) is 0 Å². The van der Waals surface area contributed by atoms with E-state index in [4.69, 9.17) is 0 Å². The van der Waals surface area contributed by atoms with Crippen LogP contribution in [-0.2, 0) is 0 Å². The van der Waals surface area contributed by atoms with E-state index in [9.17, 15) is 4.39 Å². The first-order valence-corrected chi connectivity index (χ1v) is 6.91. The molecular formula is C12H12BrFN2S. The highest BCUT2D eigenvalue weighted by molar-refractivity contribution is 9.10. The van der Waals surface area contributed by atoms with Gasteiger partial charge in [0.25, 0.3) is 0 Å². The molecule has 0 amide bonds. The molecule has 90 valence electrons. The van der Waals surface area contributed by atoms with Gasteiger partial charge in [-0.25, -0.2) is 9.37 Å². The normalized spacial score (nSPS) is 10.9. The summed E-state index contributed by atoms with van der Waals surface area (Å²) in [6.45, 7) is 4.13. The van der Waals surface area contributed by atoms with E-state index >= 15 is 0 Å². The molecule has 2 rings (SSSR count). The van der Waals surface area contributed by atoms with Crippen molar-refractivity contribution in [1.29, 1.82) is 0 Å². The zero-order valence-corrected chi connectivity index (χ0v) is 11.9. The number of hydrogen-bond acceptors (Lipinski definition) is 3. The fraction of sp³-hybridized carbons (Fsp3) is 0.250. The van der Waals surface area contributed by atoms with E-state index in [0.717, 1.165) is 20.9 Å². The number of anilines is 1. The second-order valence-corrected chi connectivity index (χ2v) is 5.67. The Morgan fingerprint density at radius 1 is 1.41 bits per heavy atom. The first-order chi connectivity index (χ1) is 8.06. The van der Waals surface area contributed by atoms with Gasteiger partial charge in [-0.15, -0.1) is 11.3 Å². The van der Waals surface area contributed by atoms with E-state index in [1.165, 1.54) is 12.1 Å². The maximum Gasteiger partial charge on any atom is 0.183 e. The molecule has 1 N–H and O–H groups in total. The summed E-state index contributed by atoms with van der Waals surface area (Å²) in [5.41, 5.74) is 1.75. The molecule has 2 nitrogen and oxygen atoms in total. The summed E-state index contributed by atoms with van der Waals surface area (Å²) in [6.07, 6.45) is 0. The van der Waals surface area contributed by atoms with Crippen LogP contribution in [0.1, 0.15) is 13.8 Å². The maximum atomic E-state index is 13.0. The number of benzene rings is 1. The third-order valence-corrected chi connectivity index (χ3v) is 3.55. The van der Waals surface area contributed by atoms with Crippen LogP contribution in [-0.4, -0.2) is 11.0 Å². The van der Waals surface area contributed by atoms with E-state index in [0.29, 0.717) is 6.04 Å². The maximum absolute atomic E-state index is 13.0. The summed E-state index contributed by atoms with van der Waals surface area (Å²) < 4.78 is 13.7. The highest BCUT2D eigenvalue weighted by Gasteiger charge is 2.09. The summed E-state index contributed by atoms with van der Waals surface area (Å²) in [6, 6.07) is 4.97. The van der Waals surface area contributed by atoms with Gasteiger partial charge in [0.2, 0.25) is 0 Å². The average molecular weight is 315 g/mol. The molecule has 17 heavy (non-hydrogen) atoms. The van der Waals surface area contributed by atoms with Crippen LogP contribution in [0.3, 0.4) is 0 Å². The number of nitrogens with one attached hydrogen (secondary N) is 1. The van der Waals surface area contributed by atoms with E-state index in [-0.39, 0.29) is 5.82 Å². The molecule has 1 aromatic carbocycles. The van der Waals surface area contributed by atoms with Crippen molar-refractivity contribution in [3.8, 4) is 11.3 Å². The van der Waals surface area contributed by atoms with Gasteiger partial charge in [-0.2, -0.15) is 0 Å². The van der Waals surface area contributed by atoms with Crippen LogP contribution in [0.5, 0.6) is 0 Å². The van der Waals surface area contributed by atoms with Gasteiger partial charge in [0.15, 0.2) is 5.13 Å². The smallest absolute Gasteiger partial charge is 0.183 e. The van der Waals surface area contributed by atoms with E-state index in [2.05, 4.69) is 40.1 Å². The molecule has 5 heteroatoms. The van der Waals surface area contributed by atoms with E-state index < -0.39 is 0 Å². The van der Waals surface area contributed by atoms with Crippen molar-refractivity contribution in [3.63, 3.8) is 0 Å². The summed E-state index contributed by atoms with van der Waals surface area (Å²) in [5, 5.41) is 6.09. The van der Waals surface area contributed by atoms with Gasteiger partial charge >= 0.3 is 0 Å². The van der Waals surface area contributed by atoms with Crippen LogP contribution in [0.4, 0.5) is 9.52 Å². The van der Waals surface area contributed by atoms with Gasteiger partial charge in [0.1, 0.15) is 5.82 Å². The quantitative estimate of drug-likeness (QED) is 0.900. The molecule has 0 aliphatic rings. The Morgan fingerprint density at radius 3 is 2.82 bits per heavy atom. The monoisotopic (exact) mass is 314 g/mol. The standard InChI is InChI=1S/C12H12BrFN2S/c1-7(2)15-12-16-11(6-17-12)9-4-3-8(14)5-10(9)13/h3-7H,1-2H3,(H,15,16). The summed E-state index contributed by atoms with van der Waals surface area (Å²) in [7, 11) is 0. The van der Waals surface area contributed by atoms with E-state index in [1.54, 1.807) is 17.4 Å². The number of hydrogen-bond donors (Lipinski definition) is 1. The second kappa shape index (κ2) is 5.14. The van der Waals surface area contributed by atoms with Crippen molar-refractivity contribution < 1.29 is 4.39 Å². The molecule has 0 atom stereocenters. The first kappa shape index (κ1) is 12.5. The molecular weight excluding hydrogens is 303 g/mol. The van der Waals surface area contributed by atoms with Crippen LogP contribution < -0.4 is 5.32 Å². The molecule has 0 aliphatic carbocycles. The number of nitrogens with zero attached hydrogens (tertiary/aromatic N) is 1. The highest BCUT2D eigenvalue weighted by atomic mass is 79.9. The average Bonchev–Trinajstić information content (AvgIpc) is 2.65. The zero-order valence-electron chi connectivity index (χ0n) is 9.50. The Morgan fingerprint density at radius 2 is 2.18 bits per heavy atom. The number of halogens is 2. The number of thiazole rings is 1. The molecule has 0 aliphatic heterocycles. The fourth-order valence-electron chi connectivity index (χ4n) is 1.41. The van der Waals surface area contributed by atoms with Crippen LogP contribution in [0, 0.1) is 5.82 Å². The zero-order chi connectivity index (χ0) is 12.4. The Hall–Kier alpha value is -0.940. The van der Waals surface area contributed by atoms with Gasteiger partial charge in [-0.1, -0.05) is 0 Å². The predicted octanol–water partition coefficient (Wildman–Crippen LogP) is 4.53. The lowest BCUT2D eigenvalue weighted by atomic mass is 10.2. The van der Waals surface area contributed by atoms with Crippen molar-refractivity contribution in [2.75, 3.05) is 5.32 Å². The van der Waals surface area contributed by atoms with Crippen LogP contribution in [0.25, 0.3) is 11.3 Å². The molecule has 0 fully saturated rings. The third kappa shape index (κ3) is 3.04. The molecule has 1 aromatic heterocycles. The molecule has 0 saturated heterocycles. The van der Waals surface area contributed by atoms with Gasteiger partial charge < -0.3 is 5.32 Å². The second-order valence-electron chi connectivity index (χ2n) is 3.96. The lowest BCUT2D eigenvalue weighted by molar-refractivity contribution is 0.627. The molecule has 0 radical (unpaired) electrons. The summed E-state index contributed by atoms with van der Waals surface area (Å²) >= 11 is 4.90. The molecule has 0 saturated carbocycles. The first-order valence-electron chi connectivity index (χ1n) is 5.24. The molecule has 0 unspecified atom stereocenters. The summed E-state index contributed by atoms with van der Waals surface area (Å²) in [5.74, 6) is -0.253. The van der Waals surface area contributed by atoms with Crippen molar-refractivity contribution in [2.24, 2.45) is 0 Å². The molecule has 2 aromatic rings. The summed E-state index contributed by atoms with van der Waals surface area (Å²) in [4.78, 5) is 4.47. The van der Waals surface area contributed by atoms with Gasteiger partial charge in [0, 0.05) is 21.5 Å². The Bertz CT molecular complexity index is 525. The van der Waals surface area contributed by atoms with Crippen LogP contribution >= 0.6 is 27.3 Å². The van der Waals surface area contributed by atoms with Crippen molar-refractivity contribution in [1.82, 2.24) is 4.98 Å². The largest absolute Gasteiger partial charge is 0.359 e. The minimum atomic E-state index is -0.253. The lowest BCUT2D eigenvalue weighted by Crippen LogP contribution is -2.08. The van der Waals surface area contributed by atoms with Crippen molar-refractivity contribution >= 4 is 32.4 Å². The number of rotatable bonds is 3. The minimum Gasteiger partial charge on any atom is -0.359 e. The van der Waals surface area contributed by atoms with Crippen molar-refractivity contribution in [2.45, 2.75) is 19.9 Å². The third-order valence-electron chi connectivity index (χ3n) is 2.12. The van der Waals surface area contributed by atoms with E-state index in [1.807, 2.05) is 5.38 Å². The minimum absolute atomic E-state index is 0.253. The SMILES string of the molecule is CC(C)Nc1nc(-c2ccc(F)cc2Br)cs1. The van der Waals surface area contributed by atoms with Gasteiger partial charge in [0.05, 0.1) is 5.69 Å². The molecule has 0 bridgehead atoms. The Kier molecular flexibility index (Phi) is 3.79. The number of aromatic nitrogens is 1. The van der Waals surface area contributed by atoms with Gasteiger partial charge in [-0.05, 0) is 48.0 Å². The van der Waals surface area contributed by atoms with Gasteiger partial charge in [-0.3, -0.25) is 0 Å². The van der Waals surface area contributed by atoms with Crippen molar-refractivity contribution in [3.05, 3.63) is 33.9 Å². The lowest BCUT2D eigenvalue weighted by Gasteiger charge is -2.05. The highest BCUT2D eigenvalue weighted by Crippen LogP contribution is 2.31. The predicted molar refractivity (Wildman–Crippen MR) is 74.0 cm³/mol. The Labute approximate surface area is 112 Å². The fourth-order valence-corrected chi connectivity index (χ4v) is 2.82. The molecule has 0 spiro atoms. The topological polar surface area (TPSA) is 24.9 Å².